The van der Waals surface area contributed by atoms with E-state index in [1.54, 1.807) is 0 Å². The van der Waals surface area contributed by atoms with Crippen molar-refractivity contribution < 1.29 is 4.79 Å². The minimum absolute atomic E-state index is 0.130. The van der Waals surface area contributed by atoms with Gasteiger partial charge in [0, 0.05) is 6.04 Å². The summed E-state index contributed by atoms with van der Waals surface area (Å²) in [6.07, 6.45) is 10.5. The second-order valence-electron chi connectivity index (χ2n) is 6.11. The normalized spacial score (nSPS) is 35.7. The molecule has 0 aliphatic heterocycles. The van der Waals surface area contributed by atoms with Gasteiger partial charge in [0.15, 0.2) is 0 Å². The molecule has 0 aromatic heterocycles. The maximum atomic E-state index is 11.8. The Balaban J connectivity index is 1.98. The highest BCUT2D eigenvalue weighted by Crippen LogP contribution is 2.33. The molecule has 3 nitrogen and oxygen atoms in total. The average molecular weight is 238 g/mol. The van der Waals surface area contributed by atoms with Crippen LogP contribution >= 0.6 is 0 Å². The fraction of sp³-hybridized carbons (Fsp3) is 0.929. The van der Waals surface area contributed by atoms with Gasteiger partial charge in [-0.15, -0.1) is 0 Å². The zero-order valence-corrected chi connectivity index (χ0v) is 11.0. The number of hydrogen-bond acceptors (Lipinski definition) is 2. The first-order chi connectivity index (χ1) is 8.12. The second kappa shape index (κ2) is 5.38. The summed E-state index contributed by atoms with van der Waals surface area (Å²) in [4.78, 5) is 11.8. The minimum atomic E-state index is -0.394. The first kappa shape index (κ1) is 12.9. The van der Waals surface area contributed by atoms with Crippen LogP contribution in [0.3, 0.4) is 0 Å². The van der Waals surface area contributed by atoms with Gasteiger partial charge in [0.25, 0.3) is 0 Å². The summed E-state index contributed by atoms with van der Waals surface area (Å²) < 4.78 is 0. The van der Waals surface area contributed by atoms with Crippen molar-refractivity contribution in [2.45, 2.75) is 76.3 Å². The molecule has 0 saturated heterocycles. The van der Waals surface area contributed by atoms with E-state index in [-0.39, 0.29) is 5.91 Å². The number of hydrogen-bond donors (Lipinski definition) is 2. The van der Waals surface area contributed by atoms with Crippen LogP contribution in [0.2, 0.25) is 0 Å². The molecule has 98 valence electrons. The van der Waals surface area contributed by atoms with Crippen LogP contribution < -0.4 is 11.1 Å². The molecule has 0 bridgehead atoms. The molecule has 2 aliphatic rings. The largest absolute Gasteiger partial charge is 0.368 e. The van der Waals surface area contributed by atoms with Crippen molar-refractivity contribution in [2.75, 3.05) is 0 Å². The van der Waals surface area contributed by atoms with Crippen molar-refractivity contribution in [2.24, 2.45) is 11.7 Å². The molecule has 0 atom stereocenters. The number of primary amides is 1. The summed E-state index contributed by atoms with van der Waals surface area (Å²) in [5.41, 5.74) is 5.27. The summed E-state index contributed by atoms with van der Waals surface area (Å²) in [5, 5.41) is 3.62. The third-order valence-corrected chi connectivity index (χ3v) is 4.69. The highest BCUT2D eigenvalue weighted by Gasteiger charge is 2.40. The third kappa shape index (κ3) is 3.01. The highest BCUT2D eigenvalue weighted by molar-refractivity contribution is 5.84. The Bertz CT molecular complexity index is 263. The molecule has 0 unspecified atom stereocenters. The van der Waals surface area contributed by atoms with Crippen molar-refractivity contribution >= 4 is 5.91 Å². The topological polar surface area (TPSA) is 55.1 Å². The lowest BCUT2D eigenvalue weighted by atomic mass is 9.75. The number of amides is 1. The Morgan fingerprint density at radius 2 is 1.71 bits per heavy atom. The standard InChI is InChI=1S/C14H26N2O/c1-11-7-9-14(10-8-11,13(15)17)16-12-5-3-2-4-6-12/h11-12,16H,2-10H2,1H3,(H2,15,17). The average Bonchev–Trinajstić information content (AvgIpc) is 2.33. The summed E-state index contributed by atoms with van der Waals surface area (Å²) in [6, 6.07) is 0.518. The number of nitrogens with one attached hydrogen (secondary N) is 1. The lowest BCUT2D eigenvalue weighted by Gasteiger charge is -2.41. The molecule has 0 radical (unpaired) electrons. The molecule has 1 amide bonds. The van der Waals surface area contributed by atoms with E-state index in [0.717, 1.165) is 31.6 Å². The molecule has 2 saturated carbocycles. The number of carbonyl (C=O) groups excluding carboxylic acids is 1. The third-order valence-electron chi connectivity index (χ3n) is 4.69. The summed E-state index contributed by atoms with van der Waals surface area (Å²) in [5.74, 6) is 0.616. The Morgan fingerprint density at radius 1 is 1.12 bits per heavy atom. The molecule has 0 aromatic rings. The van der Waals surface area contributed by atoms with Crippen LogP contribution in [-0.2, 0) is 4.79 Å². The van der Waals surface area contributed by atoms with Gasteiger partial charge in [-0.25, -0.2) is 0 Å². The van der Waals surface area contributed by atoms with E-state index in [2.05, 4.69) is 12.2 Å². The maximum absolute atomic E-state index is 11.8. The van der Waals surface area contributed by atoms with Gasteiger partial charge in [-0.05, 0) is 44.4 Å². The molecule has 2 rings (SSSR count). The monoisotopic (exact) mass is 238 g/mol. The van der Waals surface area contributed by atoms with Crippen molar-refractivity contribution in [1.82, 2.24) is 5.32 Å². The fourth-order valence-corrected chi connectivity index (χ4v) is 3.35. The Kier molecular flexibility index (Phi) is 4.08. The van der Waals surface area contributed by atoms with Crippen LogP contribution in [0.4, 0.5) is 0 Å². The van der Waals surface area contributed by atoms with E-state index in [4.69, 9.17) is 5.73 Å². The van der Waals surface area contributed by atoms with Gasteiger partial charge < -0.3 is 11.1 Å². The van der Waals surface area contributed by atoms with Crippen LogP contribution in [0.5, 0.6) is 0 Å². The molecule has 0 spiro atoms. The van der Waals surface area contributed by atoms with Crippen molar-refractivity contribution in [1.29, 1.82) is 0 Å². The number of nitrogens with two attached hydrogens (primary N) is 1. The van der Waals surface area contributed by atoms with Gasteiger partial charge in [0.1, 0.15) is 0 Å². The van der Waals surface area contributed by atoms with Gasteiger partial charge in [0.2, 0.25) is 5.91 Å². The summed E-state index contributed by atoms with van der Waals surface area (Å²) in [7, 11) is 0. The molecule has 0 heterocycles. The van der Waals surface area contributed by atoms with Gasteiger partial charge >= 0.3 is 0 Å². The predicted octanol–water partition coefficient (Wildman–Crippen LogP) is 2.34. The Labute approximate surface area is 105 Å². The summed E-state index contributed by atoms with van der Waals surface area (Å²) in [6.45, 7) is 2.27. The SMILES string of the molecule is CC1CCC(NC2CCCCC2)(C(N)=O)CC1. The first-order valence-corrected chi connectivity index (χ1v) is 7.20. The Morgan fingerprint density at radius 3 is 2.24 bits per heavy atom. The fourth-order valence-electron chi connectivity index (χ4n) is 3.35. The highest BCUT2D eigenvalue weighted by atomic mass is 16.1. The van der Waals surface area contributed by atoms with Crippen molar-refractivity contribution in [3.8, 4) is 0 Å². The molecular weight excluding hydrogens is 212 g/mol. The molecule has 0 aromatic carbocycles. The summed E-state index contributed by atoms with van der Waals surface area (Å²) >= 11 is 0. The lowest BCUT2D eigenvalue weighted by Crippen LogP contribution is -2.60. The quantitative estimate of drug-likeness (QED) is 0.793. The predicted molar refractivity (Wildman–Crippen MR) is 69.6 cm³/mol. The molecule has 3 heteroatoms. The van der Waals surface area contributed by atoms with E-state index in [1.165, 1.54) is 32.1 Å². The zero-order chi connectivity index (χ0) is 12.3. The maximum Gasteiger partial charge on any atom is 0.237 e. The van der Waals surface area contributed by atoms with Gasteiger partial charge in [-0.2, -0.15) is 0 Å². The van der Waals surface area contributed by atoms with E-state index in [9.17, 15) is 4.79 Å². The van der Waals surface area contributed by atoms with E-state index < -0.39 is 5.54 Å². The van der Waals surface area contributed by atoms with Crippen LogP contribution in [-0.4, -0.2) is 17.5 Å². The minimum Gasteiger partial charge on any atom is -0.368 e. The number of rotatable bonds is 3. The van der Waals surface area contributed by atoms with Crippen LogP contribution in [0.25, 0.3) is 0 Å². The molecule has 17 heavy (non-hydrogen) atoms. The van der Waals surface area contributed by atoms with Crippen LogP contribution in [0.1, 0.15) is 64.7 Å². The van der Waals surface area contributed by atoms with Crippen molar-refractivity contribution in [3.63, 3.8) is 0 Å². The van der Waals surface area contributed by atoms with Gasteiger partial charge in [-0.1, -0.05) is 26.2 Å². The van der Waals surface area contributed by atoms with Gasteiger partial charge in [0.05, 0.1) is 5.54 Å². The first-order valence-electron chi connectivity index (χ1n) is 7.20. The van der Waals surface area contributed by atoms with Crippen LogP contribution in [0, 0.1) is 5.92 Å². The van der Waals surface area contributed by atoms with Crippen LogP contribution in [0.15, 0.2) is 0 Å². The van der Waals surface area contributed by atoms with E-state index in [0.29, 0.717) is 6.04 Å². The Hall–Kier alpha value is -0.570. The molecule has 2 fully saturated rings. The smallest absolute Gasteiger partial charge is 0.237 e. The second-order valence-corrected chi connectivity index (χ2v) is 6.11. The molecular formula is C14H26N2O. The van der Waals surface area contributed by atoms with E-state index in [1.807, 2.05) is 0 Å². The van der Waals surface area contributed by atoms with Gasteiger partial charge in [-0.3, -0.25) is 4.79 Å². The van der Waals surface area contributed by atoms with Crippen molar-refractivity contribution in [3.05, 3.63) is 0 Å². The zero-order valence-electron chi connectivity index (χ0n) is 11.0. The number of carbonyl (C=O) groups is 1. The molecule has 2 aliphatic carbocycles. The molecule has 3 N–H and O–H groups in total. The lowest BCUT2D eigenvalue weighted by molar-refractivity contribution is -0.126. The van der Waals surface area contributed by atoms with E-state index >= 15 is 0 Å².